The maximum absolute atomic E-state index is 13.2. The highest BCUT2D eigenvalue weighted by molar-refractivity contribution is 7.92. The lowest BCUT2D eigenvalue weighted by molar-refractivity contribution is -0.120. The predicted molar refractivity (Wildman–Crippen MR) is 120 cm³/mol. The Morgan fingerprint density at radius 1 is 1.23 bits per heavy atom. The SMILES string of the molecule is Cc1cccc(NC(=O)C2CCN(S(=O)(=O)/C3=C/N(C(C)C)/C=C/CCN3)CC2)c1. The van der Waals surface area contributed by atoms with Crippen molar-refractivity contribution in [3.05, 3.63) is 53.3 Å². The topological polar surface area (TPSA) is 81.8 Å². The Balaban J connectivity index is 1.65. The number of amides is 1. The van der Waals surface area contributed by atoms with Gasteiger partial charge in [-0.05, 0) is 63.9 Å². The number of rotatable bonds is 5. The zero-order valence-corrected chi connectivity index (χ0v) is 18.8. The first-order valence-electron chi connectivity index (χ1n) is 10.5. The van der Waals surface area contributed by atoms with Crippen LogP contribution in [0.25, 0.3) is 0 Å². The summed E-state index contributed by atoms with van der Waals surface area (Å²) in [6, 6.07) is 7.84. The quantitative estimate of drug-likeness (QED) is 0.748. The molecule has 8 heteroatoms. The lowest BCUT2D eigenvalue weighted by Gasteiger charge is -2.32. The van der Waals surface area contributed by atoms with Gasteiger partial charge in [0.1, 0.15) is 0 Å². The van der Waals surface area contributed by atoms with Crippen LogP contribution in [0.2, 0.25) is 0 Å². The van der Waals surface area contributed by atoms with Gasteiger partial charge in [-0.3, -0.25) is 4.79 Å². The molecule has 1 amide bonds. The highest BCUT2D eigenvalue weighted by Crippen LogP contribution is 2.25. The molecule has 2 aliphatic rings. The van der Waals surface area contributed by atoms with Gasteiger partial charge in [-0.2, -0.15) is 4.31 Å². The molecule has 3 rings (SSSR count). The van der Waals surface area contributed by atoms with Gasteiger partial charge in [-0.15, -0.1) is 0 Å². The Hall–Kier alpha value is -2.32. The zero-order chi connectivity index (χ0) is 21.7. The molecule has 1 saturated heterocycles. The van der Waals surface area contributed by atoms with Crippen molar-refractivity contribution in [2.75, 3.05) is 25.0 Å². The molecule has 30 heavy (non-hydrogen) atoms. The van der Waals surface area contributed by atoms with Gasteiger partial charge < -0.3 is 15.5 Å². The van der Waals surface area contributed by atoms with E-state index in [9.17, 15) is 13.2 Å². The minimum absolute atomic E-state index is 0.0444. The largest absolute Gasteiger partial charge is 0.373 e. The molecule has 0 radical (unpaired) electrons. The summed E-state index contributed by atoms with van der Waals surface area (Å²) < 4.78 is 27.9. The average molecular weight is 433 g/mol. The molecule has 2 heterocycles. The smallest absolute Gasteiger partial charge is 0.259 e. The van der Waals surface area contributed by atoms with Crippen molar-refractivity contribution in [2.24, 2.45) is 5.92 Å². The minimum Gasteiger partial charge on any atom is -0.373 e. The molecule has 1 aromatic carbocycles. The lowest BCUT2D eigenvalue weighted by atomic mass is 9.97. The average Bonchev–Trinajstić information content (AvgIpc) is 2.67. The molecule has 0 bridgehead atoms. The number of anilines is 1. The van der Waals surface area contributed by atoms with E-state index in [-0.39, 0.29) is 22.9 Å². The maximum atomic E-state index is 13.2. The molecule has 164 valence electrons. The summed E-state index contributed by atoms with van der Waals surface area (Å²) in [5.74, 6) is -0.233. The van der Waals surface area contributed by atoms with Crippen molar-refractivity contribution in [2.45, 2.75) is 46.1 Å². The Labute approximate surface area is 179 Å². The number of hydrogen-bond acceptors (Lipinski definition) is 5. The molecule has 0 spiro atoms. The third kappa shape index (κ3) is 5.43. The molecular weight excluding hydrogens is 400 g/mol. The van der Waals surface area contributed by atoms with Crippen molar-refractivity contribution in [1.29, 1.82) is 0 Å². The molecule has 1 fully saturated rings. The van der Waals surface area contributed by atoms with E-state index in [2.05, 4.69) is 10.6 Å². The number of sulfonamides is 1. The van der Waals surface area contributed by atoms with Crippen LogP contribution in [0.4, 0.5) is 5.69 Å². The summed E-state index contributed by atoms with van der Waals surface area (Å²) in [6.07, 6.45) is 7.42. The summed E-state index contributed by atoms with van der Waals surface area (Å²) in [4.78, 5) is 14.5. The number of hydrogen-bond donors (Lipinski definition) is 2. The van der Waals surface area contributed by atoms with E-state index < -0.39 is 10.0 Å². The number of benzene rings is 1. The fraction of sp³-hybridized carbons (Fsp3) is 0.500. The van der Waals surface area contributed by atoms with Crippen molar-refractivity contribution in [3.63, 3.8) is 0 Å². The summed E-state index contributed by atoms with van der Waals surface area (Å²) in [5, 5.41) is 6.26. The van der Waals surface area contributed by atoms with Crippen LogP contribution in [0.3, 0.4) is 0 Å². The maximum Gasteiger partial charge on any atom is 0.259 e. The van der Waals surface area contributed by atoms with E-state index in [0.717, 1.165) is 17.7 Å². The van der Waals surface area contributed by atoms with Crippen LogP contribution >= 0.6 is 0 Å². The minimum atomic E-state index is -3.63. The fourth-order valence-electron chi connectivity index (χ4n) is 3.64. The molecule has 0 aliphatic carbocycles. The summed E-state index contributed by atoms with van der Waals surface area (Å²) in [6.45, 7) is 7.27. The Kier molecular flexibility index (Phi) is 7.20. The first-order valence-corrected chi connectivity index (χ1v) is 12.0. The van der Waals surface area contributed by atoms with Crippen LogP contribution in [0, 0.1) is 12.8 Å². The van der Waals surface area contributed by atoms with E-state index in [1.54, 1.807) is 6.20 Å². The third-order valence-corrected chi connectivity index (χ3v) is 7.33. The highest BCUT2D eigenvalue weighted by Gasteiger charge is 2.34. The number of nitrogens with zero attached hydrogens (tertiary/aromatic N) is 2. The van der Waals surface area contributed by atoms with Crippen molar-refractivity contribution >= 4 is 21.6 Å². The van der Waals surface area contributed by atoms with Crippen molar-refractivity contribution in [1.82, 2.24) is 14.5 Å². The van der Waals surface area contributed by atoms with Crippen LogP contribution in [0.1, 0.15) is 38.7 Å². The zero-order valence-electron chi connectivity index (χ0n) is 18.0. The first-order chi connectivity index (χ1) is 14.3. The molecular formula is C22H32N4O3S. The fourth-order valence-corrected chi connectivity index (χ4v) is 5.15. The van der Waals surface area contributed by atoms with Gasteiger partial charge in [0.2, 0.25) is 5.91 Å². The van der Waals surface area contributed by atoms with E-state index in [1.165, 1.54) is 4.31 Å². The Morgan fingerprint density at radius 3 is 2.63 bits per heavy atom. The highest BCUT2D eigenvalue weighted by atomic mass is 32.2. The van der Waals surface area contributed by atoms with Gasteiger partial charge in [0.15, 0.2) is 5.03 Å². The van der Waals surface area contributed by atoms with Crippen LogP contribution in [0.15, 0.2) is 47.8 Å². The van der Waals surface area contributed by atoms with Gasteiger partial charge in [-0.25, -0.2) is 8.42 Å². The monoisotopic (exact) mass is 432 g/mol. The van der Waals surface area contributed by atoms with E-state index in [1.807, 2.05) is 62.2 Å². The molecule has 0 saturated carbocycles. The predicted octanol–water partition coefficient (Wildman–Crippen LogP) is 2.99. The number of nitrogens with one attached hydrogen (secondary N) is 2. The van der Waals surface area contributed by atoms with E-state index >= 15 is 0 Å². The second-order valence-corrected chi connectivity index (χ2v) is 10.1. The van der Waals surface area contributed by atoms with Gasteiger partial charge in [0.05, 0.1) is 0 Å². The number of aryl methyl sites for hydroxylation is 1. The molecule has 1 aromatic rings. The van der Waals surface area contributed by atoms with Crippen molar-refractivity contribution in [3.8, 4) is 0 Å². The number of carbonyl (C=O) groups excluding carboxylic acids is 1. The van der Waals surface area contributed by atoms with E-state index in [4.69, 9.17) is 0 Å². The van der Waals surface area contributed by atoms with Gasteiger partial charge in [0, 0.05) is 43.5 Å². The van der Waals surface area contributed by atoms with Crippen LogP contribution in [0.5, 0.6) is 0 Å². The lowest BCUT2D eigenvalue weighted by Crippen LogP contribution is -2.44. The Bertz CT molecular complexity index is 916. The second kappa shape index (κ2) is 9.66. The van der Waals surface area contributed by atoms with Gasteiger partial charge in [-0.1, -0.05) is 18.2 Å². The molecule has 0 unspecified atom stereocenters. The second-order valence-electron chi connectivity index (χ2n) is 8.17. The normalized spacial score (nSPS) is 21.9. The number of carbonyl (C=O) groups is 1. The van der Waals surface area contributed by atoms with Crippen molar-refractivity contribution < 1.29 is 13.2 Å². The van der Waals surface area contributed by atoms with Crippen LogP contribution in [-0.4, -0.2) is 49.2 Å². The molecule has 0 aromatic heterocycles. The molecule has 0 atom stereocenters. The third-order valence-electron chi connectivity index (χ3n) is 5.48. The van der Waals surface area contributed by atoms with Gasteiger partial charge in [0.25, 0.3) is 10.0 Å². The summed E-state index contributed by atoms with van der Waals surface area (Å²) >= 11 is 0. The Morgan fingerprint density at radius 2 is 1.97 bits per heavy atom. The molecule has 2 N–H and O–H groups in total. The summed E-state index contributed by atoms with van der Waals surface area (Å²) in [7, 11) is -3.63. The standard InChI is InChI=1S/C22H32N4O3S/c1-17(2)25-12-5-4-11-23-21(16-25)30(28,29)26-13-9-19(10-14-26)22(27)24-20-8-6-7-18(3)15-20/h5-8,12,15-17,19,23H,4,9-11,13-14H2,1-3H3,(H,24,27)/b12-5+,21-16+. The van der Waals surface area contributed by atoms with Crippen LogP contribution in [-0.2, 0) is 14.8 Å². The molecule has 2 aliphatic heterocycles. The molecule has 7 nitrogen and oxygen atoms in total. The van der Waals surface area contributed by atoms with Gasteiger partial charge >= 0.3 is 0 Å². The summed E-state index contributed by atoms with van der Waals surface area (Å²) in [5.41, 5.74) is 1.86. The van der Waals surface area contributed by atoms with Crippen LogP contribution < -0.4 is 10.6 Å². The first kappa shape index (κ1) is 22.4. The number of piperidine rings is 1. The van der Waals surface area contributed by atoms with E-state index in [0.29, 0.717) is 32.5 Å².